The Morgan fingerprint density at radius 2 is 1.90 bits per heavy atom. The highest BCUT2D eigenvalue weighted by atomic mass is 19.1. The number of H-pyrrole nitrogens is 1. The summed E-state index contributed by atoms with van der Waals surface area (Å²) in [5, 5.41) is 20.6. The van der Waals surface area contributed by atoms with E-state index < -0.39 is 6.04 Å². The molecule has 29 heavy (non-hydrogen) atoms. The Morgan fingerprint density at radius 1 is 1.10 bits per heavy atom. The van der Waals surface area contributed by atoms with Gasteiger partial charge in [-0.25, -0.2) is 9.07 Å². The number of aromatic nitrogens is 7. The van der Waals surface area contributed by atoms with E-state index >= 15 is 0 Å². The zero-order valence-corrected chi connectivity index (χ0v) is 15.2. The Bertz CT molecular complexity index is 1060. The van der Waals surface area contributed by atoms with Crippen LogP contribution in [0.15, 0.2) is 60.9 Å². The van der Waals surface area contributed by atoms with E-state index in [1.807, 2.05) is 30.3 Å². The summed E-state index contributed by atoms with van der Waals surface area (Å²) in [6, 6.07) is 15.0. The molecule has 0 saturated carbocycles. The van der Waals surface area contributed by atoms with Crippen LogP contribution >= 0.6 is 0 Å². The molecule has 2 heterocycles. The summed E-state index contributed by atoms with van der Waals surface area (Å²) in [6.07, 6.45) is 2.24. The molecule has 0 spiro atoms. The smallest absolute Gasteiger partial charge is 0.252 e. The normalized spacial score (nSPS) is 11.9. The second kappa shape index (κ2) is 8.38. The number of hydrogen-bond donors (Lipinski definition) is 2. The molecular weight excluding hydrogens is 375 g/mol. The van der Waals surface area contributed by atoms with Gasteiger partial charge in [0.25, 0.3) is 5.91 Å². The first-order valence-electron chi connectivity index (χ1n) is 8.90. The molecule has 0 aliphatic carbocycles. The lowest BCUT2D eigenvalue weighted by molar-refractivity contribution is -0.119. The maximum atomic E-state index is 13.0. The molecule has 0 fully saturated rings. The first-order chi connectivity index (χ1) is 14.2. The van der Waals surface area contributed by atoms with Crippen LogP contribution in [0.1, 0.15) is 23.0 Å². The standard InChI is InChI=1S/C19H17FN8O/c20-15-8-6-14(7-9-15)11-17-22-19(25-24-17)23-18(29)16(28-12-21-26-27-28)10-13-4-2-1-3-5-13/h1-9,12,16H,10-11H2,(H2,22,23,24,25,29)/t16-/m0/s1. The number of halogens is 1. The van der Waals surface area contributed by atoms with E-state index in [-0.39, 0.29) is 17.7 Å². The van der Waals surface area contributed by atoms with Crippen LogP contribution in [0.2, 0.25) is 0 Å². The van der Waals surface area contributed by atoms with Crippen molar-refractivity contribution in [3.63, 3.8) is 0 Å². The van der Waals surface area contributed by atoms with Gasteiger partial charge in [0, 0.05) is 12.8 Å². The van der Waals surface area contributed by atoms with E-state index in [4.69, 9.17) is 0 Å². The van der Waals surface area contributed by atoms with Crippen molar-refractivity contribution in [1.82, 2.24) is 35.4 Å². The predicted molar refractivity (Wildman–Crippen MR) is 101 cm³/mol. The molecular formula is C19H17FN8O. The molecule has 1 amide bonds. The van der Waals surface area contributed by atoms with Crippen molar-refractivity contribution in [3.05, 3.63) is 83.7 Å². The number of rotatable bonds is 7. The number of amides is 1. The average molecular weight is 392 g/mol. The molecule has 4 aromatic rings. The number of aromatic amines is 1. The summed E-state index contributed by atoms with van der Waals surface area (Å²) in [5.74, 6) is 0.0620. The molecule has 2 N–H and O–H groups in total. The largest absolute Gasteiger partial charge is 0.291 e. The lowest BCUT2D eigenvalue weighted by Crippen LogP contribution is -2.28. The molecule has 4 rings (SSSR count). The van der Waals surface area contributed by atoms with Gasteiger partial charge in [0.15, 0.2) is 0 Å². The van der Waals surface area contributed by atoms with Gasteiger partial charge in [-0.3, -0.25) is 15.2 Å². The van der Waals surface area contributed by atoms with Crippen molar-refractivity contribution in [1.29, 1.82) is 0 Å². The number of anilines is 1. The summed E-state index contributed by atoms with van der Waals surface area (Å²) < 4.78 is 14.4. The molecule has 10 heteroatoms. The summed E-state index contributed by atoms with van der Waals surface area (Å²) in [5.41, 5.74) is 1.84. The van der Waals surface area contributed by atoms with Crippen LogP contribution < -0.4 is 5.32 Å². The van der Waals surface area contributed by atoms with Gasteiger partial charge in [-0.15, -0.1) is 10.2 Å². The Kier molecular flexibility index (Phi) is 5.32. The minimum absolute atomic E-state index is 0.151. The quantitative estimate of drug-likeness (QED) is 0.497. The highest BCUT2D eigenvalue weighted by Crippen LogP contribution is 2.15. The van der Waals surface area contributed by atoms with Crippen molar-refractivity contribution >= 4 is 11.9 Å². The fourth-order valence-corrected chi connectivity index (χ4v) is 2.87. The van der Waals surface area contributed by atoms with Crippen LogP contribution in [0.25, 0.3) is 0 Å². The van der Waals surface area contributed by atoms with E-state index in [2.05, 4.69) is 36.0 Å². The SMILES string of the molecule is O=C(Nc1n[nH]c(Cc2ccc(F)cc2)n1)[C@H](Cc1ccccc1)n1cnnn1. The van der Waals surface area contributed by atoms with Crippen LogP contribution in [0.3, 0.4) is 0 Å². The van der Waals surface area contributed by atoms with Crippen LogP contribution in [-0.2, 0) is 17.6 Å². The van der Waals surface area contributed by atoms with E-state index in [0.717, 1.165) is 11.1 Å². The van der Waals surface area contributed by atoms with Crippen LogP contribution in [0, 0.1) is 5.82 Å². The minimum Gasteiger partial charge on any atom is -0.291 e. The van der Waals surface area contributed by atoms with E-state index in [1.165, 1.54) is 23.1 Å². The number of benzene rings is 2. The molecule has 0 unspecified atom stereocenters. The number of carbonyl (C=O) groups is 1. The minimum atomic E-state index is -0.661. The molecule has 0 radical (unpaired) electrons. The maximum Gasteiger partial charge on any atom is 0.252 e. The topological polar surface area (TPSA) is 114 Å². The van der Waals surface area contributed by atoms with Crippen LogP contribution in [0.5, 0.6) is 0 Å². The summed E-state index contributed by atoms with van der Waals surface area (Å²) in [4.78, 5) is 17.1. The van der Waals surface area contributed by atoms with Crippen LogP contribution in [-0.4, -0.2) is 41.3 Å². The summed E-state index contributed by atoms with van der Waals surface area (Å²) in [7, 11) is 0. The Balaban J connectivity index is 1.46. The van der Waals surface area contributed by atoms with Gasteiger partial charge in [0.05, 0.1) is 0 Å². The van der Waals surface area contributed by atoms with Crippen molar-refractivity contribution < 1.29 is 9.18 Å². The highest BCUT2D eigenvalue weighted by Gasteiger charge is 2.23. The van der Waals surface area contributed by atoms with Crippen molar-refractivity contribution in [2.75, 3.05) is 5.32 Å². The van der Waals surface area contributed by atoms with Gasteiger partial charge in [-0.2, -0.15) is 4.98 Å². The number of hydrogen-bond acceptors (Lipinski definition) is 6. The molecule has 0 aliphatic rings. The highest BCUT2D eigenvalue weighted by molar-refractivity contribution is 5.92. The lowest BCUT2D eigenvalue weighted by Gasteiger charge is -2.15. The van der Waals surface area contributed by atoms with Crippen molar-refractivity contribution in [3.8, 4) is 0 Å². The molecule has 0 aliphatic heterocycles. The third-order valence-electron chi connectivity index (χ3n) is 4.31. The second-order valence-corrected chi connectivity index (χ2v) is 6.39. The third kappa shape index (κ3) is 4.67. The fourth-order valence-electron chi connectivity index (χ4n) is 2.87. The monoisotopic (exact) mass is 392 g/mol. The molecule has 2 aromatic heterocycles. The number of nitrogens with zero attached hydrogens (tertiary/aromatic N) is 6. The van der Waals surface area contributed by atoms with Gasteiger partial charge in [0.2, 0.25) is 5.95 Å². The van der Waals surface area contributed by atoms with Crippen LogP contribution in [0.4, 0.5) is 10.3 Å². The summed E-state index contributed by atoms with van der Waals surface area (Å²) in [6.45, 7) is 0. The van der Waals surface area contributed by atoms with Gasteiger partial charge in [-0.1, -0.05) is 42.5 Å². The van der Waals surface area contributed by atoms with Gasteiger partial charge >= 0.3 is 0 Å². The van der Waals surface area contributed by atoms with Gasteiger partial charge < -0.3 is 0 Å². The maximum absolute atomic E-state index is 13.0. The van der Waals surface area contributed by atoms with Crippen molar-refractivity contribution in [2.45, 2.75) is 18.9 Å². The Hall–Kier alpha value is -3.95. The number of carbonyl (C=O) groups excluding carboxylic acids is 1. The predicted octanol–water partition coefficient (Wildman–Crippen LogP) is 1.94. The fraction of sp³-hybridized carbons (Fsp3) is 0.158. The second-order valence-electron chi connectivity index (χ2n) is 6.39. The molecule has 2 aromatic carbocycles. The first-order valence-corrected chi connectivity index (χ1v) is 8.90. The van der Waals surface area contributed by atoms with E-state index in [9.17, 15) is 9.18 Å². The number of tetrazole rings is 1. The molecule has 1 atom stereocenters. The first kappa shape index (κ1) is 18.4. The summed E-state index contributed by atoms with van der Waals surface area (Å²) >= 11 is 0. The molecule has 0 saturated heterocycles. The zero-order valence-electron chi connectivity index (χ0n) is 15.2. The van der Waals surface area contributed by atoms with E-state index in [1.54, 1.807) is 12.1 Å². The molecule has 0 bridgehead atoms. The molecule has 9 nitrogen and oxygen atoms in total. The van der Waals surface area contributed by atoms with Gasteiger partial charge in [0.1, 0.15) is 24.0 Å². The average Bonchev–Trinajstić information content (AvgIpc) is 3.41. The lowest BCUT2D eigenvalue weighted by atomic mass is 10.1. The van der Waals surface area contributed by atoms with Gasteiger partial charge in [-0.05, 0) is 33.7 Å². The Morgan fingerprint density at radius 3 is 2.62 bits per heavy atom. The molecule has 146 valence electrons. The van der Waals surface area contributed by atoms with Crippen molar-refractivity contribution in [2.24, 2.45) is 0 Å². The Labute approximate surface area is 165 Å². The zero-order chi connectivity index (χ0) is 20.1. The number of nitrogens with one attached hydrogen (secondary N) is 2. The van der Waals surface area contributed by atoms with E-state index in [0.29, 0.717) is 18.7 Å². The third-order valence-corrected chi connectivity index (χ3v) is 4.31.